The molecule has 0 amide bonds. The molecule has 0 saturated heterocycles. The second kappa shape index (κ2) is 6.74. The maximum Gasteiger partial charge on any atom is 0.543 e. The number of rotatable bonds is 7. The van der Waals surface area contributed by atoms with Crippen molar-refractivity contribution in [3.63, 3.8) is 0 Å². The van der Waals surface area contributed by atoms with Crippen molar-refractivity contribution in [1.82, 2.24) is 0 Å². The maximum atomic E-state index is 12.5. The van der Waals surface area contributed by atoms with Crippen molar-refractivity contribution < 1.29 is 27.2 Å². The van der Waals surface area contributed by atoms with E-state index in [0.717, 1.165) is 0 Å². The van der Waals surface area contributed by atoms with Gasteiger partial charge in [0.1, 0.15) is 0 Å². The molecule has 16 heavy (non-hydrogen) atoms. The van der Waals surface area contributed by atoms with E-state index in [0.29, 0.717) is 6.42 Å². The number of halogens is 1. The highest BCUT2D eigenvalue weighted by Crippen LogP contribution is 2.19. The molecule has 0 fully saturated rings. The van der Waals surface area contributed by atoms with Gasteiger partial charge in [-0.25, -0.2) is 4.79 Å². The standard InChI is InChI=1S/C9H17FO5Si/c1-6-8(15-9(11)7(2)10)16(12-3,13-4)14-5/h8H,2,6H2,1,3-5H3. The van der Waals surface area contributed by atoms with Crippen LogP contribution in [0, 0.1) is 0 Å². The van der Waals surface area contributed by atoms with E-state index in [9.17, 15) is 9.18 Å². The molecule has 0 radical (unpaired) electrons. The lowest BCUT2D eigenvalue weighted by molar-refractivity contribution is -0.145. The molecule has 1 unspecified atom stereocenters. The summed E-state index contributed by atoms with van der Waals surface area (Å²) in [6.45, 7) is 4.60. The molecule has 94 valence electrons. The zero-order valence-electron chi connectivity index (χ0n) is 9.91. The predicted octanol–water partition coefficient (Wildman–Crippen LogP) is 1.21. The van der Waals surface area contributed by atoms with Crippen molar-refractivity contribution in [2.75, 3.05) is 21.3 Å². The third-order valence-corrected chi connectivity index (χ3v) is 5.11. The van der Waals surface area contributed by atoms with Crippen LogP contribution >= 0.6 is 0 Å². The molecule has 0 aromatic carbocycles. The zero-order chi connectivity index (χ0) is 12.8. The lowest BCUT2D eigenvalue weighted by Gasteiger charge is -2.30. The Morgan fingerprint density at radius 3 is 2.00 bits per heavy atom. The zero-order valence-corrected chi connectivity index (χ0v) is 10.9. The molecule has 0 heterocycles. The lowest BCUT2D eigenvalue weighted by atomic mass is 10.5. The van der Waals surface area contributed by atoms with Gasteiger partial charge in [-0.15, -0.1) is 0 Å². The maximum absolute atomic E-state index is 12.5. The van der Waals surface area contributed by atoms with Crippen LogP contribution in [0.2, 0.25) is 0 Å². The molecule has 0 bridgehead atoms. The molecule has 1 atom stereocenters. The van der Waals surface area contributed by atoms with E-state index in [2.05, 4.69) is 6.58 Å². The highest BCUT2D eigenvalue weighted by atomic mass is 28.4. The molecular weight excluding hydrogens is 235 g/mol. The van der Waals surface area contributed by atoms with E-state index in [-0.39, 0.29) is 0 Å². The van der Waals surface area contributed by atoms with E-state index in [1.165, 1.54) is 21.3 Å². The first kappa shape index (κ1) is 15.2. The minimum Gasteiger partial charge on any atom is -0.453 e. The molecule has 0 aliphatic heterocycles. The minimum absolute atomic E-state index is 0.390. The molecular formula is C9H17FO5Si. The molecule has 0 spiro atoms. The normalized spacial score (nSPS) is 13.3. The second-order valence-electron chi connectivity index (χ2n) is 2.92. The van der Waals surface area contributed by atoms with Crippen LogP contribution in [0.5, 0.6) is 0 Å². The quantitative estimate of drug-likeness (QED) is 0.387. The molecule has 0 aromatic rings. The van der Waals surface area contributed by atoms with Crippen molar-refractivity contribution in [3.8, 4) is 0 Å². The first-order valence-electron chi connectivity index (χ1n) is 4.68. The van der Waals surface area contributed by atoms with Gasteiger partial charge >= 0.3 is 14.8 Å². The summed E-state index contributed by atoms with van der Waals surface area (Å²) in [5.41, 5.74) is -0.757. The van der Waals surface area contributed by atoms with Crippen molar-refractivity contribution >= 4 is 14.8 Å². The van der Waals surface area contributed by atoms with Gasteiger partial charge in [0.15, 0.2) is 5.73 Å². The SMILES string of the molecule is C=C(F)C(=O)OC(CC)[Si](OC)(OC)OC. The third-order valence-electron chi connectivity index (χ3n) is 2.09. The van der Waals surface area contributed by atoms with Gasteiger partial charge < -0.3 is 18.0 Å². The van der Waals surface area contributed by atoms with Crippen molar-refractivity contribution in [1.29, 1.82) is 0 Å². The molecule has 0 saturated carbocycles. The van der Waals surface area contributed by atoms with E-state index in [1.807, 2.05) is 0 Å². The Morgan fingerprint density at radius 1 is 1.31 bits per heavy atom. The first-order chi connectivity index (χ1) is 7.47. The Morgan fingerprint density at radius 2 is 1.75 bits per heavy atom. The summed E-state index contributed by atoms with van der Waals surface area (Å²) in [5, 5.41) is 0. The fourth-order valence-electron chi connectivity index (χ4n) is 1.24. The fourth-order valence-corrected chi connectivity index (χ4v) is 3.28. The van der Waals surface area contributed by atoms with Crippen molar-refractivity contribution in [2.45, 2.75) is 19.1 Å². The number of hydrogen-bond donors (Lipinski definition) is 0. The Labute approximate surface area is 95.5 Å². The van der Waals surface area contributed by atoms with E-state index in [1.54, 1.807) is 6.92 Å². The van der Waals surface area contributed by atoms with Crippen LogP contribution in [0.4, 0.5) is 4.39 Å². The van der Waals surface area contributed by atoms with E-state index >= 15 is 0 Å². The fraction of sp³-hybridized carbons (Fsp3) is 0.667. The van der Waals surface area contributed by atoms with Gasteiger partial charge in [-0.3, -0.25) is 0 Å². The van der Waals surface area contributed by atoms with E-state index < -0.39 is 26.3 Å². The summed E-state index contributed by atoms with van der Waals surface area (Å²) in [6, 6.07) is 0. The van der Waals surface area contributed by atoms with Crippen LogP contribution < -0.4 is 0 Å². The molecule has 0 N–H and O–H groups in total. The number of hydrogen-bond acceptors (Lipinski definition) is 5. The van der Waals surface area contributed by atoms with Gasteiger partial charge in [-0.1, -0.05) is 13.5 Å². The number of carbonyl (C=O) groups excluding carboxylic acids is 1. The third kappa shape index (κ3) is 3.37. The topological polar surface area (TPSA) is 54.0 Å². The van der Waals surface area contributed by atoms with Crippen LogP contribution in [0.15, 0.2) is 12.4 Å². The predicted molar refractivity (Wildman–Crippen MR) is 57.2 cm³/mol. The van der Waals surface area contributed by atoms with Gasteiger partial charge in [-0.05, 0) is 6.42 Å². The summed E-state index contributed by atoms with van der Waals surface area (Å²) in [7, 11) is 1.06. The molecule has 7 heteroatoms. The summed E-state index contributed by atoms with van der Waals surface area (Å²) in [6.07, 6.45) is 0.390. The van der Waals surface area contributed by atoms with E-state index in [4.69, 9.17) is 18.0 Å². The summed E-state index contributed by atoms with van der Waals surface area (Å²) < 4.78 is 32.8. The van der Waals surface area contributed by atoms with Gasteiger partial charge in [0, 0.05) is 21.3 Å². The Bertz CT molecular complexity index is 246. The average molecular weight is 252 g/mol. The molecule has 0 aliphatic carbocycles. The molecule has 5 nitrogen and oxygen atoms in total. The second-order valence-corrected chi connectivity index (χ2v) is 6.00. The first-order valence-corrected chi connectivity index (χ1v) is 6.48. The van der Waals surface area contributed by atoms with Crippen LogP contribution in [0.3, 0.4) is 0 Å². The average Bonchev–Trinajstić information content (AvgIpc) is 2.29. The number of carbonyl (C=O) groups is 1. The minimum atomic E-state index is -3.11. The Balaban J connectivity index is 4.81. The lowest BCUT2D eigenvalue weighted by Crippen LogP contribution is -2.55. The molecule has 0 aliphatic rings. The Hall–Kier alpha value is -0.763. The van der Waals surface area contributed by atoms with Gasteiger partial charge in [0.2, 0.25) is 5.83 Å². The highest BCUT2D eigenvalue weighted by Gasteiger charge is 2.49. The van der Waals surface area contributed by atoms with Gasteiger partial charge in [-0.2, -0.15) is 4.39 Å². The smallest absolute Gasteiger partial charge is 0.453 e. The number of ether oxygens (including phenoxy) is 1. The van der Waals surface area contributed by atoms with Gasteiger partial charge in [0.05, 0.1) is 0 Å². The monoisotopic (exact) mass is 252 g/mol. The number of esters is 1. The van der Waals surface area contributed by atoms with Crippen molar-refractivity contribution in [2.24, 2.45) is 0 Å². The summed E-state index contributed by atoms with van der Waals surface area (Å²) in [4.78, 5) is 11.1. The highest BCUT2D eigenvalue weighted by molar-refractivity contribution is 6.62. The van der Waals surface area contributed by atoms with Crippen LogP contribution in [0.25, 0.3) is 0 Å². The van der Waals surface area contributed by atoms with Crippen molar-refractivity contribution in [3.05, 3.63) is 12.4 Å². The van der Waals surface area contributed by atoms with Gasteiger partial charge in [0.25, 0.3) is 0 Å². The molecule has 0 aromatic heterocycles. The van der Waals surface area contributed by atoms with Crippen LogP contribution in [0.1, 0.15) is 13.3 Å². The molecule has 0 rings (SSSR count). The summed E-state index contributed by atoms with van der Waals surface area (Å²) >= 11 is 0. The van der Waals surface area contributed by atoms with Crippen LogP contribution in [-0.4, -0.2) is 41.8 Å². The summed E-state index contributed by atoms with van der Waals surface area (Å²) in [5.74, 6) is -2.29. The Kier molecular flexibility index (Phi) is 6.42. The van der Waals surface area contributed by atoms with Crippen LogP contribution in [-0.2, 0) is 22.8 Å². The largest absolute Gasteiger partial charge is 0.543 e.